The van der Waals surface area contributed by atoms with Crippen molar-refractivity contribution in [3.8, 4) is 11.4 Å². The van der Waals surface area contributed by atoms with Crippen molar-refractivity contribution in [3.05, 3.63) is 52.2 Å². The molecule has 5 rings (SSSR count). The topological polar surface area (TPSA) is 46.8 Å². The molecule has 3 fully saturated rings. The van der Waals surface area contributed by atoms with Crippen LogP contribution in [0, 0.1) is 13.8 Å². The maximum Gasteiger partial charge on any atom is 0.267 e. The molecule has 2 heterocycles. The quantitative estimate of drug-likeness (QED) is 0.384. The fourth-order valence-corrected chi connectivity index (χ4v) is 7.03. The maximum atomic E-state index is 13.8. The first-order valence-electron chi connectivity index (χ1n) is 13.8. The number of nitrogens with zero attached hydrogens (tertiary/aromatic N) is 3. The number of aryl methyl sites for hydroxylation is 1. The predicted molar refractivity (Wildman–Crippen MR) is 150 cm³/mol. The number of benzene rings is 1. The number of aliphatic imine (C=N–C) groups is 1. The van der Waals surface area contributed by atoms with Crippen LogP contribution in [0.5, 0.6) is 5.75 Å². The van der Waals surface area contributed by atoms with Crippen LogP contribution in [0.2, 0.25) is 0 Å². The first kappa shape index (κ1) is 25.2. The Morgan fingerprint density at radius 1 is 1.00 bits per heavy atom. The van der Waals surface area contributed by atoms with Gasteiger partial charge >= 0.3 is 0 Å². The Balaban J connectivity index is 1.45. The Bertz CT molecular complexity index is 1140. The molecule has 1 aromatic carbocycles. The summed E-state index contributed by atoms with van der Waals surface area (Å²) in [7, 11) is 0. The molecule has 2 saturated carbocycles. The molecular weight excluding hydrogens is 466 g/mol. The van der Waals surface area contributed by atoms with E-state index in [2.05, 4.69) is 47.6 Å². The minimum absolute atomic E-state index is 0.146. The molecule has 0 atom stereocenters. The third-order valence-electron chi connectivity index (χ3n) is 7.81. The van der Waals surface area contributed by atoms with Gasteiger partial charge < -0.3 is 9.30 Å². The summed E-state index contributed by atoms with van der Waals surface area (Å²) in [5, 5.41) is 0.949. The first-order valence-corrected chi connectivity index (χ1v) is 14.6. The molecule has 0 unspecified atom stereocenters. The average molecular weight is 506 g/mol. The van der Waals surface area contributed by atoms with E-state index < -0.39 is 0 Å². The zero-order valence-corrected chi connectivity index (χ0v) is 22.8. The second-order valence-corrected chi connectivity index (χ2v) is 11.4. The Hall–Kier alpha value is -2.47. The molecule has 192 valence electrons. The largest absolute Gasteiger partial charge is 0.494 e. The van der Waals surface area contributed by atoms with E-state index in [4.69, 9.17) is 9.73 Å². The van der Waals surface area contributed by atoms with Gasteiger partial charge in [0.25, 0.3) is 5.91 Å². The van der Waals surface area contributed by atoms with Gasteiger partial charge in [-0.25, -0.2) is 0 Å². The minimum atomic E-state index is 0.146. The first-order chi connectivity index (χ1) is 17.5. The molecule has 0 radical (unpaired) electrons. The van der Waals surface area contributed by atoms with Crippen LogP contribution in [-0.2, 0) is 4.79 Å². The van der Waals surface area contributed by atoms with Gasteiger partial charge in [0.15, 0.2) is 5.17 Å². The van der Waals surface area contributed by atoms with E-state index in [-0.39, 0.29) is 5.91 Å². The summed E-state index contributed by atoms with van der Waals surface area (Å²) in [4.78, 5) is 21.8. The van der Waals surface area contributed by atoms with Crippen LogP contribution in [0.4, 0.5) is 0 Å². The molecule has 0 bridgehead atoms. The summed E-state index contributed by atoms with van der Waals surface area (Å²) < 4.78 is 7.86. The number of thioether (sulfide) groups is 1. The zero-order valence-electron chi connectivity index (χ0n) is 22.0. The van der Waals surface area contributed by atoms with Gasteiger partial charge in [0.05, 0.1) is 17.6 Å². The SMILES string of the molecule is CCOc1ccc(-n2c(C)cc(C=C3SC(=NC4CCCCC4)N(C4CCCCC4)C3=O)c2C)cc1. The van der Waals surface area contributed by atoms with E-state index >= 15 is 0 Å². The van der Waals surface area contributed by atoms with Crippen LogP contribution < -0.4 is 4.74 Å². The van der Waals surface area contributed by atoms with E-state index in [1.165, 1.54) is 38.5 Å². The lowest BCUT2D eigenvalue weighted by atomic mass is 9.94. The third kappa shape index (κ3) is 5.29. The van der Waals surface area contributed by atoms with Crippen LogP contribution in [0.25, 0.3) is 11.8 Å². The highest BCUT2D eigenvalue weighted by atomic mass is 32.2. The fraction of sp³-hybridized carbons (Fsp3) is 0.533. The van der Waals surface area contributed by atoms with Crippen molar-refractivity contribution in [2.45, 2.75) is 97.1 Å². The molecule has 1 aromatic heterocycles. The zero-order chi connectivity index (χ0) is 25.1. The van der Waals surface area contributed by atoms with Crippen molar-refractivity contribution in [2.24, 2.45) is 4.99 Å². The lowest BCUT2D eigenvalue weighted by molar-refractivity contribution is -0.124. The van der Waals surface area contributed by atoms with Gasteiger partial charge in [-0.1, -0.05) is 38.5 Å². The second kappa shape index (κ2) is 11.3. The number of carbonyl (C=O) groups is 1. The fourth-order valence-electron chi connectivity index (χ4n) is 5.93. The molecule has 1 saturated heterocycles. The van der Waals surface area contributed by atoms with Gasteiger partial charge in [-0.3, -0.25) is 14.7 Å². The van der Waals surface area contributed by atoms with Crippen molar-refractivity contribution in [2.75, 3.05) is 6.61 Å². The Morgan fingerprint density at radius 3 is 2.33 bits per heavy atom. The minimum Gasteiger partial charge on any atom is -0.494 e. The normalized spacial score (nSPS) is 22.2. The molecule has 0 spiro atoms. The Kier molecular flexibility index (Phi) is 7.90. The van der Waals surface area contributed by atoms with Crippen LogP contribution in [0.15, 0.2) is 40.2 Å². The smallest absolute Gasteiger partial charge is 0.267 e. The van der Waals surface area contributed by atoms with Crippen molar-refractivity contribution < 1.29 is 9.53 Å². The lowest BCUT2D eigenvalue weighted by Gasteiger charge is -2.31. The molecule has 2 aliphatic carbocycles. The van der Waals surface area contributed by atoms with Crippen molar-refractivity contribution >= 4 is 28.9 Å². The van der Waals surface area contributed by atoms with Crippen LogP contribution in [0.3, 0.4) is 0 Å². The van der Waals surface area contributed by atoms with Gasteiger partial charge in [0, 0.05) is 23.1 Å². The van der Waals surface area contributed by atoms with E-state index in [0.717, 1.165) is 64.1 Å². The number of amides is 1. The summed E-state index contributed by atoms with van der Waals surface area (Å²) in [6.45, 7) is 6.92. The van der Waals surface area contributed by atoms with Gasteiger partial charge in [-0.15, -0.1) is 0 Å². The van der Waals surface area contributed by atoms with Gasteiger partial charge in [-0.05, 0) is 100 Å². The molecule has 5 nitrogen and oxygen atoms in total. The summed E-state index contributed by atoms with van der Waals surface area (Å²) in [5.41, 5.74) is 4.49. The average Bonchev–Trinajstić information content (AvgIpc) is 3.35. The van der Waals surface area contributed by atoms with E-state index in [1.807, 2.05) is 19.1 Å². The van der Waals surface area contributed by atoms with Gasteiger partial charge in [0.2, 0.25) is 0 Å². The molecular formula is C30H39N3O2S. The molecule has 1 aliphatic heterocycles. The number of ether oxygens (including phenoxy) is 1. The third-order valence-corrected chi connectivity index (χ3v) is 8.80. The number of carbonyl (C=O) groups excluding carboxylic acids is 1. The summed E-state index contributed by atoms with van der Waals surface area (Å²) >= 11 is 1.60. The molecule has 0 N–H and O–H groups in total. The van der Waals surface area contributed by atoms with Crippen molar-refractivity contribution in [1.82, 2.24) is 9.47 Å². The van der Waals surface area contributed by atoms with E-state index in [1.54, 1.807) is 11.8 Å². The Labute approximate surface area is 220 Å². The highest BCUT2D eigenvalue weighted by Gasteiger charge is 2.39. The number of amidine groups is 1. The predicted octanol–water partition coefficient (Wildman–Crippen LogP) is 7.43. The van der Waals surface area contributed by atoms with E-state index in [0.29, 0.717) is 18.7 Å². The lowest BCUT2D eigenvalue weighted by Crippen LogP contribution is -2.41. The Morgan fingerprint density at radius 2 is 1.67 bits per heavy atom. The number of aromatic nitrogens is 1. The summed E-state index contributed by atoms with van der Waals surface area (Å²) in [6, 6.07) is 11.1. The monoisotopic (exact) mass is 505 g/mol. The summed E-state index contributed by atoms with van der Waals surface area (Å²) in [5.74, 6) is 1.03. The van der Waals surface area contributed by atoms with Crippen LogP contribution in [-0.4, -0.2) is 39.2 Å². The standard InChI is InChI=1S/C30H39N3O2S/c1-4-35-27-17-15-26(16-18-27)32-21(2)19-23(22(32)3)20-28-29(34)33(25-13-9-6-10-14-25)30(36-28)31-24-11-7-5-8-12-24/h15-20,24-25H,4-14H2,1-3H3. The molecule has 6 heteroatoms. The van der Waals surface area contributed by atoms with Gasteiger partial charge in [-0.2, -0.15) is 0 Å². The second-order valence-electron chi connectivity index (χ2n) is 10.4. The molecule has 36 heavy (non-hydrogen) atoms. The molecule has 1 amide bonds. The highest BCUT2D eigenvalue weighted by molar-refractivity contribution is 8.18. The number of rotatable bonds is 6. The number of hydrogen-bond donors (Lipinski definition) is 0. The van der Waals surface area contributed by atoms with E-state index in [9.17, 15) is 4.79 Å². The maximum absolute atomic E-state index is 13.8. The highest BCUT2D eigenvalue weighted by Crippen LogP contribution is 2.39. The van der Waals surface area contributed by atoms with Gasteiger partial charge in [0.1, 0.15) is 5.75 Å². The van der Waals surface area contributed by atoms with Crippen LogP contribution in [0.1, 0.15) is 88.1 Å². The summed E-state index contributed by atoms with van der Waals surface area (Å²) in [6.07, 6.45) is 14.1. The molecule has 3 aliphatic rings. The number of hydrogen-bond acceptors (Lipinski definition) is 4. The van der Waals surface area contributed by atoms with Crippen LogP contribution >= 0.6 is 11.8 Å². The van der Waals surface area contributed by atoms with Crippen molar-refractivity contribution in [1.29, 1.82) is 0 Å². The van der Waals surface area contributed by atoms with Crippen molar-refractivity contribution in [3.63, 3.8) is 0 Å². The molecule has 2 aromatic rings.